The lowest BCUT2D eigenvalue weighted by Crippen LogP contribution is -2.39. The number of rotatable bonds is 5. The van der Waals surface area contributed by atoms with Crippen molar-refractivity contribution < 1.29 is 14.4 Å². The molecule has 9 heteroatoms. The number of amides is 3. The molecule has 4 rings (SSSR count). The second-order valence-electron chi connectivity index (χ2n) is 8.09. The first-order chi connectivity index (χ1) is 16.7. The standard InChI is InChI=1S/C26H22BrClN4O3/c1-15-3-5-17(6-4-15)14-29-25(34)26(35)31-32-22-10-8-20(28)12-18(22)13-23(32)24(33)30-21-9-7-19(27)11-16(21)2/h3-13H,14H2,1-2H3,(H,29,34)(H,30,33)(H,31,35). The van der Waals surface area contributed by atoms with E-state index in [0.29, 0.717) is 21.6 Å². The first kappa shape index (κ1) is 24.5. The molecule has 0 spiro atoms. The number of halogens is 2. The van der Waals surface area contributed by atoms with E-state index in [1.165, 1.54) is 4.68 Å². The van der Waals surface area contributed by atoms with Gasteiger partial charge in [0, 0.05) is 27.1 Å². The predicted octanol–water partition coefficient (Wildman–Crippen LogP) is 5.31. The van der Waals surface area contributed by atoms with Gasteiger partial charge in [0.05, 0.1) is 5.52 Å². The zero-order chi connectivity index (χ0) is 25.1. The van der Waals surface area contributed by atoms with E-state index in [1.54, 1.807) is 30.3 Å². The molecule has 0 unspecified atom stereocenters. The Balaban J connectivity index is 1.57. The third-order valence-corrected chi connectivity index (χ3v) is 6.15. The zero-order valence-electron chi connectivity index (χ0n) is 19.0. The van der Waals surface area contributed by atoms with Gasteiger partial charge in [0.15, 0.2) is 0 Å². The normalized spacial score (nSPS) is 10.7. The van der Waals surface area contributed by atoms with E-state index in [9.17, 15) is 14.4 Å². The largest absolute Gasteiger partial charge is 0.344 e. The summed E-state index contributed by atoms with van der Waals surface area (Å²) < 4.78 is 2.18. The number of fused-ring (bicyclic) bond motifs is 1. The van der Waals surface area contributed by atoms with E-state index in [0.717, 1.165) is 21.2 Å². The van der Waals surface area contributed by atoms with Crippen molar-refractivity contribution in [1.82, 2.24) is 9.99 Å². The maximum Gasteiger partial charge on any atom is 0.328 e. The first-order valence-electron chi connectivity index (χ1n) is 10.7. The van der Waals surface area contributed by atoms with Crippen LogP contribution in [0.3, 0.4) is 0 Å². The van der Waals surface area contributed by atoms with Gasteiger partial charge < -0.3 is 10.6 Å². The molecule has 0 saturated carbocycles. The van der Waals surface area contributed by atoms with Gasteiger partial charge >= 0.3 is 11.8 Å². The number of hydrogen-bond donors (Lipinski definition) is 3. The Kier molecular flexibility index (Phi) is 7.23. The number of carbonyl (C=O) groups is 3. The molecule has 0 aliphatic carbocycles. The monoisotopic (exact) mass is 552 g/mol. The number of nitrogens with one attached hydrogen (secondary N) is 3. The third-order valence-electron chi connectivity index (χ3n) is 5.43. The van der Waals surface area contributed by atoms with E-state index in [-0.39, 0.29) is 12.2 Å². The predicted molar refractivity (Wildman–Crippen MR) is 141 cm³/mol. The fourth-order valence-corrected chi connectivity index (χ4v) is 4.20. The van der Waals surface area contributed by atoms with E-state index < -0.39 is 17.7 Å². The smallest absolute Gasteiger partial charge is 0.328 e. The first-order valence-corrected chi connectivity index (χ1v) is 11.9. The summed E-state index contributed by atoms with van der Waals surface area (Å²) in [5.74, 6) is -2.18. The highest BCUT2D eigenvalue weighted by atomic mass is 79.9. The van der Waals surface area contributed by atoms with Gasteiger partial charge in [-0.25, -0.2) is 4.68 Å². The quantitative estimate of drug-likeness (QED) is 0.292. The maximum absolute atomic E-state index is 13.2. The lowest BCUT2D eigenvalue weighted by atomic mass is 10.1. The fourth-order valence-electron chi connectivity index (χ4n) is 3.55. The second kappa shape index (κ2) is 10.3. The number of hydrogen-bond acceptors (Lipinski definition) is 3. The lowest BCUT2D eigenvalue weighted by Gasteiger charge is -2.14. The molecule has 0 radical (unpaired) electrons. The summed E-state index contributed by atoms with van der Waals surface area (Å²) in [6.45, 7) is 4.04. The summed E-state index contributed by atoms with van der Waals surface area (Å²) in [6.07, 6.45) is 0. The van der Waals surface area contributed by atoms with Gasteiger partial charge in [0.1, 0.15) is 5.69 Å². The molecule has 0 saturated heterocycles. The highest BCUT2D eigenvalue weighted by molar-refractivity contribution is 9.10. The van der Waals surface area contributed by atoms with Crippen LogP contribution < -0.4 is 16.1 Å². The van der Waals surface area contributed by atoms with Crippen LogP contribution >= 0.6 is 27.5 Å². The molecule has 0 aliphatic heterocycles. The molecule has 1 heterocycles. The van der Waals surface area contributed by atoms with Gasteiger partial charge in [-0.1, -0.05) is 57.4 Å². The molecule has 3 N–H and O–H groups in total. The Morgan fingerprint density at radius 2 is 1.66 bits per heavy atom. The Labute approximate surface area is 215 Å². The van der Waals surface area contributed by atoms with Crippen LogP contribution in [0.1, 0.15) is 27.2 Å². The molecule has 178 valence electrons. The summed E-state index contributed by atoms with van der Waals surface area (Å²) in [5.41, 5.74) is 6.65. The van der Waals surface area contributed by atoms with Crippen LogP contribution in [0.5, 0.6) is 0 Å². The molecular formula is C26H22BrClN4O3. The van der Waals surface area contributed by atoms with Crippen LogP contribution in [0.4, 0.5) is 5.69 Å². The molecule has 3 aromatic carbocycles. The number of carbonyl (C=O) groups excluding carboxylic acids is 3. The van der Waals surface area contributed by atoms with Crippen molar-refractivity contribution in [1.29, 1.82) is 0 Å². The van der Waals surface area contributed by atoms with Crippen molar-refractivity contribution in [2.24, 2.45) is 0 Å². The van der Waals surface area contributed by atoms with Gasteiger partial charge in [-0.15, -0.1) is 0 Å². The summed E-state index contributed by atoms with van der Waals surface area (Å²) in [6, 6.07) is 19.7. The summed E-state index contributed by atoms with van der Waals surface area (Å²) in [5, 5.41) is 6.57. The van der Waals surface area contributed by atoms with E-state index >= 15 is 0 Å². The zero-order valence-corrected chi connectivity index (χ0v) is 21.3. The number of anilines is 1. The van der Waals surface area contributed by atoms with Crippen molar-refractivity contribution in [3.63, 3.8) is 0 Å². The molecule has 0 aliphatic rings. The van der Waals surface area contributed by atoms with Crippen molar-refractivity contribution in [3.8, 4) is 0 Å². The van der Waals surface area contributed by atoms with Gasteiger partial charge in [0.2, 0.25) is 0 Å². The summed E-state index contributed by atoms with van der Waals surface area (Å²) in [4.78, 5) is 38.4. The van der Waals surface area contributed by atoms with Crippen molar-refractivity contribution in [3.05, 3.63) is 98.6 Å². The highest BCUT2D eigenvalue weighted by Gasteiger charge is 2.21. The van der Waals surface area contributed by atoms with E-state index in [1.807, 2.05) is 50.2 Å². The Hall–Kier alpha value is -3.62. The van der Waals surface area contributed by atoms with Crippen molar-refractivity contribution >= 4 is 61.8 Å². The summed E-state index contributed by atoms with van der Waals surface area (Å²) in [7, 11) is 0. The minimum atomic E-state index is -0.904. The van der Waals surface area contributed by atoms with Gasteiger partial charge in [-0.2, -0.15) is 0 Å². The van der Waals surface area contributed by atoms with Crippen LogP contribution in [-0.2, 0) is 16.1 Å². The van der Waals surface area contributed by atoms with Crippen LogP contribution in [0.15, 0.2) is 71.2 Å². The SMILES string of the molecule is Cc1ccc(CNC(=O)C(=O)Nn2c(C(=O)Nc3ccc(Br)cc3C)cc3cc(Cl)ccc32)cc1. The molecule has 0 bridgehead atoms. The average molecular weight is 554 g/mol. The van der Waals surface area contributed by atoms with Crippen LogP contribution in [0.2, 0.25) is 5.02 Å². The van der Waals surface area contributed by atoms with Crippen LogP contribution in [0, 0.1) is 13.8 Å². The number of aryl methyl sites for hydroxylation is 2. The Morgan fingerprint density at radius 3 is 2.37 bits per heavy atom. The molecule has 7 nitrogen and oxygen atoms in total. The Morgan fingerprint density at radius 1 is 0.914 bits per heavy atom. The molecule has 3 amide bonds. The maximum atomic E-state index is 13.2. The fraction of sp³-hybridized carbons (Fsp3) is 0.115. The number of aromatic nitrogens is 1. The van der Waals surface area contributed by atoms with Crippen LogP contribution in [-0.4, -0.2) is 22.4 Å². The molecule has 1 aromatic heterocycles. The summed E-state index contributed by atoms with van der Waals surface area (Å²) >= 11 is 9.53. The molecule has 0 atom stereocenters. The molecular weight excluding hydrogens is 532 g/mol. The second-order valence-corrected chi connectivity index (χ2v) is 9.44. The average Bonchev–Trinajstić information content (AvgIpc) is 3.17. The number of benzene rings is 3. The van der Waals surface area contributed by atoms with Crippen LogP contribution in [0.25, 0.3) is 10.9 Å². The van der Waals surface area contributed by atoms with Crippen molar-refractivity contribution in [2.45, 2.75) is 20.4 Å². The lowest BCUT2D eigenvalue weighted by molar-refractivity contribution is -0.136. The van der Waals surface area contributed by atoms with Gasteiger partial charge in [-0.3, -0.25) is 19.8 Å². The van der Waals surface area contributed by atoms with E-state index in [2.05, 4.69) is 32.0 Å². The minimum Gasteiger partial charge on any atom is -0.344 e. The van der Waals surface area contributed by atoms with Gasteiger partial charge in [0.25, 0.3) is 5.91 Å². The topological polar surface area (TPSA) is 92.2 Å². The number of nitrogens with zero attached hydrogens (tertiary/aromatic N) is 1. The molecule has 4 aromatic rings. The Bertz CT molecular complexity index is 1450. The minimum absolute atomic E-state index is 0.143. The molecule has 0 fully saturated rings. The highest BCUT2D eigenvalue weighted by Crippen LogP contribution is 2.25. The van der Waals surface area contributed by atoms with E-state index in [4.69, 9.17) is 11.6 Å². The van der Waals surface area contributed by atoms with Crippen molar-refractivity contribution in [2.75, 3.05) is 10.7 Å². The third kappa shape index (κ3) is 5.72. The van der Waals surface area contributed by atoms with Gasteiger partial charge in [-0.05, 0) is 67.4 Å². The molecule has 35 heavy (non-hydrogen) atoms.